The lowest BCUT2D eigenvalue weighted by molar-refractivity contribution is -0.135. The van der Waals surface area contributed by atoms with Crippen LogP contribution in [0.5, 0.6) is 0 Å². The summed E-state index contributed by atoms with van der Waals surface area (Å²) in [6, 6.07) is -0.368. The Kier molecular flexibility index (Phi) is 5.02. The van der Waals surface area contributed by atoms with Crippen molar-refractivity contribution in [3.8, 4) is 0 Å². The van der Waals surface area contributed by atoms with Gasteiger partial charge in [-0.25, -0.2) is 0 Å². The lowest BCUT2D eigenvalue weighted by Gasteiger charge is -2.29. The highest BCUT2D eigenvalue weighted by Gasteiger charge is 2.35. The maximum absolute atomic E-state index is 12.7. The van der Waals surface area contributed by atoms with E-state index in [2.05, 4.69) is 12.2 Å². The first kappa shape index (κ1) is 15.3. The van der Waals surface area contributed by atoms with Crippen LogP contribution in [0.15, 0.2) is 0 Å². The number of rotatable bonds is 4. The van der Waals surface area contributed by atoms with Crippen molar-refractivity contribution in [2.24, 2.45) is 11.8 Å². The van der Waals surface area contributed by atoms with Crippen LogP contribution in [0.2, 0.25) is 0 Å². The van der Waals surface area contributed by atoms with E-state index in [4.69, 9.17) is 4.74 Å². The summed E-state index contributed by atoms with van der Waals surface area (Å²) in [5, 5.41) is 2.88. The van der Waals surface area contributed by atoms with Crippen molar-refractivity contribution in [1.82, 2.24) is 10.2 Å². The summed E-state index contributed by atoms with van der Waals surface area (Å²) in [7, 11) is 0. The molecule has 0 aromatic carbocycles. The molecule has 4 atom stereocenters. The maximum Gasteiger partial charge on any atom is 0.245 e. The Morgan fingerprint density at radius 3 is 2.80 bits per heavy atom. The molecule has 0 aromatic heterocycles. The third-order valence-corrected chi connectivity index (χ3v) is 4.70. The predicted molar refractivity (Wildman–Crippen MR) is 76.1 cm³/mol. The van der Waals surface area contributed by atoms with Crippen LogP contribution in [0, 0.1) is 11.8 Å². The zero-order chi connectivity index (χ0) is 14.7. The molecule has 5 heteroatoms. The van der Waals surface area contributed by atoms with Gasteiger partial charge < -0.3 is 15.0 Å². The fraction of sp³-hybridized carbons (Fsp3) is 0.867. The Bertz CT molecular complexity index is 372. The fourth-order valence-corrected chi connectivity index (χ4v) is 2.95. The molecule has 2 rings (SSSR count). The SMILES string of the molecule is CCC(C)C1NC(=O)CCN(CC2CCOC2C)C1=O. The first-order valence-corrected chi connectivity index (χ1v) is 7.72. The molecule has 2 aliphatic heterocycles. The number of amides is 2. The first-order valence-electron chi connectivity index (χ1n) is 7.72. The van der Waals surface area contributed by atoms with E-state index in [1.54, 1.807) is 0 Å². The molecule has 2 fully saturated rings. The lowest BCUT2D eigenvalue weighted by atomic mass is 9.97. The standard InChI is InChI=1S/C15H26N2O3/c1-4-10(2)14-15(19)17(7-5-13(18)16-14)9-12-6-8-20-11(12)3/h10-12,14H,4-9H2,1-3H3,(H,16,18). The second-order valence-electron chi connectivity index (χ2n) is 6.09. The maximum atomic E-state index is 12.7. The van der Waals surface area contributed by atoms with Crippen LogP contribution in [0.4, 0.5) is 0 Å². The van der Waals surface area contributed by atoms with Crippen molar-refractivity contribution < 1.29 is 14.3 Å². The molecule has 0 radical (unpaired) electrons. The highest BCUT2D eigenvalue weighted by Crippen LogP contribution is 2.23. The van der Waals surface area contributed by atoms with Crippen LogP contribution in [0.25, 0.3) is 0 Å². The molecule has 2 aliphatic rings. The molecule has 0 aromatic rings. The van der Waals surface area contributed by atoms with Crippen LogP contribution in [-0.4, -0.2) is 48.6 Å². The summed E-state index contributed by atoms with van der Waals surface area (Å²) in [6.07, 6.45) is 2.49. The van der Waals surface area contributed by atoms with Gasteiger partial charge in [0.2, 0.25) is 11.8 Å². The van der Waals surface area contributed by atoms with Gasteiger partial charge in [-0.3, -0.25) is 9.59 Å². The minimum Gasteiger partial charge on any atom is -0.378 e. The molecular formula is C15H26N2O3. The van der Waals surface area contributed by atoms with E-state index in [9.17, 15) is 9.59 Å². The summed E-state index contributed by atoms with van der Waals surface area (Å²) in [4.78, 5) is 26.3. The average Bonchev–Trinajstić information content (AvgIpc) is 2.78. The lowest BCUT2D eigenvalue weighted by Crippen LogP contribution is -2.49. The Balaban J connectivity index is 2.06. The van der Waals surface area contributed by atoms with Gasteiger partial charge in [0.1, 0.15) is 6.04 Å². The molecule has 4 unspecified atom stereocenters. The van der Waals surface area contributed by atoms with Crippen molar-refractivity contribution in [2.45, 2.75) is 52.2 Å². The fourth-order valence-electron chi connectivity index (χ4n) is 2.95. The molecule has 2 amide bonds. The first-order chi connectivity index (χ1) is 9.52. The van der Waals surface area contributed by atoms with Crippen LogP contribution in [0.1, 0.15) is 40.0 Å². The summed E-state index contributed by atoms with van der Waals surface area (Å²) in [5.74, 6) is 0.625. The quantitative estimate of drug-likeness (QED) is 0.842. The van der Waals surface area contributed by atoms with E-state index in [0.29, 0.717) is 25.4 Å². The number of hydrogen-bond donors (Lipinski definition) is 1. The van der Waals surface area contributed by atoms with E-state index >= 15 is 0 Å². The van der Waals surface area contributed by atoms with Crippen molar-refractivity contribution >= 4 is 11.8 Å². The van der Waals surface area contributed by atoms with E-state index in [1.165, 1.54) is 0 Å². The summed E-state index contributed by atoms with van der Waals surface area (Å²) in [5.41, 5.74) is 0. The zero-order valence-corrected chi connectivity index (χ0v) is 12.7. The second kappa shape index (κ2) is 6.57. The monoisotopic (exact) mass is 282 g/mol. The average molecular weight is 282 g/mol. The number of carbonyl (C=O) groups is 2. The number of nitrogens with one attached hydrogen (secondary N) is 1. The molecular weight excluding hydrogens is 256 g/mol. The minimum absolute atomic E-state index is 0.0122. The van der Waals surface area contributed by atoms with Crippen molar-refractivity contribution in [3.63, 3.8) is 0 Å². The van der Waals surface area contributed by atoms with Crippen molar-refractivity contribution in [1.29, 1.82) is 0 Å². The minimum atomic E-state index is -0.368. The van der Waals surface area contributed by atoms with Gasteiger partial charge in [-0.1, -0.05) is 20.3 Å². The molecule has 20 heavy (non-hydrogen) atoms. The smallest absolute Gasteiger partial charge is 0.245 e. The third-order valence-electron chi connectivity index (χ3n) is 4.70. The van der Waals surface area contributed by atoms with E-state index < -0.39 is 0 Å². The molecule has 5 nitrogen and oxygen atoms in total. The Morgan fingerprint density at radius 2 is 2.20 bits per heavy atom. The van der Waals surface area contributed by atoms with Crippen LogP contribution in [0.3, 0.4) is 0 Å². The molecule has 1 N–H and O–H groups in total. The zero-order valence-electron chi connectivity index (χ0n) is 12.7. The van der Waals surface area contributed by atoms with Gasteiger partial charge in [0.15, 0.2) is 0 Å². The number of nitrogens with zero attached hydrogens (tertiary/aromatic N) is 1. The number of hydrogen-bond acceptors (Lipinski definition) is 3. The highest BCUT2D eigenvalue weighted by molar-refractivity contribution is 5.90. The second-order valence-corrected chi connectivity index (χ2v) is 6.09. The van der Waals surface area contributed by atoms with Gasteiger partial charge in [-0.05, 0) is 19.3 Å². The van der Waals surface area contributed by atoms with Gasteiger partial charge in [0.05, 0.1) is 6.10 Å². The Hall–Kier alpha value is -1.10. The summed E-state index contributed by atoms with van der Waals surface area (Å²) < 4.78 is 5.57. The number of carbonyl (C=O) groups excluding carboxylic acids is 2. The van der Waals surface area contributed by atoms with E-state index in [0.717, 1.165) is 19.4 Å². The van der Waals surface area contributed by atoms with Gasteiger partial charge in [0, 0.05) is 32.0 Å². The largest absolute Gasteiger partial charge is 0.378 e. The van der Waals surface area contributed by atoms with Gasteiger partial charge in [-0.15, -0.1) is 0 Å². The van der Waals surface area contributed by atoms with Crippen molar-refractivity contribution in [3.05, 3.63) is 0 Å². The van der Waals surface area contributed by atoms with Crippen LogP contribution in [-0.2, 0) is 14.3 Å². The van der Waals surface area contributed by atoms with E-state index in [1.807, 2.05) is 18.7 Å². The van der Waals surface area contributed by atoms with Crippen molar-refractivity contribution in [2.75, 3.05) is 19.7 Å². The molecule has 2 saturated heterocycles. The molecule has 0 aliphatic carbocycles. The predicted octanol–water partition coefficient (Wildman–Crippen LogP) is 1.17. The summed E-state index contributed by atoms with van der Waals surface area (Å²) >= 11 is 0. The highest BCUT2D eigenvalue weighted by atomic mass is 16.5. The normalized spacial score (nSPS) is 33.0. The third kappa shape index (κ3) is 3.32. The number of ether oxygens (including phenoxy) is 1. The van der Waals surface area contributed by atoms with Crippen LogP contribution >= 0.6 is 0 Å². The van der Waals surface area contributed by atoms with Gasteiger partial charge in [-0.2, -0.15) is 0 Å². The molecule has 114 valence electrons. The molecule has 0 saturated carbocycles. The van der Waals surface area contributed by atoms with E-state index in [-0.39, 0.29) is 29.9 Å². The molecule has 0 spiro atoms. The summed E-state index contributed by atoms with van der Waals surface area (Å²) in [6.45, 7) is 8.15. The topological polar surface area (TPSA) is 58.6 Å². The van der Waals surface area contributed by atoms with Gasteiger partial charge >= 0.3 is 0 Å². The Labute approximate surface area is 121 Å². The van der Waals surface area contributed by atoms with Gasteiger partial charge in [0.25, 0.3) is 0 Å². The van der Waals surface area contributed by atoms with Crippen LogP contribution < -0.4 is 5.32 Å². The molecule has 0 bridgehead atoms. The Morgan fingerprint density at radius 1 is 1.45 bits per heavy atom. The molecule has 2 heterocycles.